The average Bonchev–Trinajstić information content (AvgIpc) is 2.67. The monoisotopic (exact) mass is 421 g/mol. The van der Waals surface area contributed by atoms with Crippen LogP contribution in [-0.4, -0.2) is 58.9 Å². The molecule has 0 saturated heterocycles. The van der Waals surface area contributed by atoms with Gasteiger partial charge in [0.15, 0.2) is 0 Å². The number of ether oxygens (including phenoxy) is 1. The Morgan fingerprint density at radius 2 is 1.86 bits per heavy atom. The molecule has 7 nitrogen and oxygen atoms in total. The van der Waals surface area contributed by atoms with Crippen molar-refractivity contribution >= 4 is 13.3 Å². The maximum absolute atomic E-state index is 12.6. The molecule has 3 N–H and O–H groups in total. The predicted molar refractivity (Wildman–Crippen MR) is 112 cm³/mol. The molecule has 2 rings (SSSR count). The van der Waals surface area contributed by atoms with E-state index in [4.69, 9.17) is 9.84 Å². The van der Waals surface area contributed by atoms with Gasteiger partial charge >= 0.3 is 5.97 Å². The molecule has 0 saturated carbocycles. The van der Waals surface area contributed by atoms with Crippen LogP contribution >= 0.6 is 7.37 Å². The Balaban J connectivity index is 1.95. The maximum atomic E-state index is 12.6. The molecule has 3 atom stereocenters. The lowest BCUT2D eigenvalue weighted by atomic mass is 10.0. The van der Waals surface area contributed by atoms with Gasteiger partial charge < -0.3 is 19.8 Å². The lowest BCUT2D eigenvalue weighted by Gasteiger charge is -2.28. The van der Waals surface area contributed by atoms with E-state index in [2.05, 4.69) is 0 Å². The summed E-state index contributed by atoms with van der Waals surface area (Å²) in [7, 11) is -0.231. The topological polar surface area (TPSA) is 107 Å². The van der Waals surface area contributed by atoms with Gasteiger partial charge in [0.1, 0.15) is 5.75 Å². The van der Waals surface area contributed by atoms with Crippen LogP contribution in [0.4, 0.5) is 0 Å². The van der Waals surface area contributed by atoms with E-state index in [0.29, 0.717) is 11.3 Å². The van der Waals surface area contributed by atoms with Crippen molar-refractivity contribution in [3.63, 3.8) is 0 Å². The Morgan fingerprint density at radius 3 is 2.45 bits per heavy atom. The first-order chi connectivity index (χ1) is 13.6. The molecule has 29 heavy (non-hydrogen) atoms. The number of methoxy groups -OCH3 is 1. The predicted octanol–water partition coefficient (Wildman–Crippen LogP) is 3.22. The van der Waals surface area contributed by atoms with Crippen LogP contribution < -0.4 is 4.74 Å². The molecule has 0 amide bonds. The SMILES string of the molecule is COc1ccc(CP(=O)(O)C[C@@H](O)CN(C)[C@H](C)c2cccc(C(=O)O)c2)cc1. The second-order valence-corrected chi connectivity index (χ2v) is 9.61. The lowest BCUT2D eigenvalue weighted by molar-refractivity contribution is 0.0696. The fraction of sp³-hybridized carbons (Fsp3) is 0.381. The molecule has 0 aliphatic carbocycles. The molecular formula is C21H28NO6P. The van der Waals surface area contributed by atoms with Crippen LogP contribution in [0.2, 0.25) is 0 Å². The van der Waals surface area contributed by atoms with Crippen molar-refractivity contribution in [3.05, 3.63) is 65.2 Å². The molecule has 0 fully saturated rings. The van der Waals surface area contributed by atoms with E-state index in [1.54, 1.807) is 50.6 Å². The lowest BCUT2D eigenvalue weighted by Crippen LogP contribution is -2.33. The Labute approximate surface area is 171 Å². The average molecular weight is 421 g/mol. The zero-order chi connectivity index (χ0) is 21.6. The second kappa shape index (κ2) is 10.0. The molecule has 0 radical (unpaired) electrons. The number of hydrogen-bond donors (Lipinski definition) is 3. The molecular weight excluding hydrogens is 393 g/mol. The first-order valence-corrected chi connectivity index (χ1v) is 11.3. The van der Waals surface area contributed by atoms with Crippen LogP contribution in [0.25, 0.3) is 0 Å². The number of aliphatic hydroxyl groups excluding tert-OH is 1. The number of carbonyl (C=O) groups is 1. The number of carboxylic acid groups (broad SMARTS) is 1. The smallest absolute Gasteiger partial charge is 0.335 e. The summed E-state index contributed by atoms with van der Waals surface area (Å²) in [5.41, 5.74) is 1.70. The fourth-order valence-corrected chi connectivity index (χ4v) is 4.83. The summed E-state index contributed by atoms with van der Waals surface area (Å²) in [5, 5.41) is 19.5. The van der Waals surface area contributed by atoms with Gasteiger partial charge in [-0.1, -0.05) is 24.3 Å². The molecule has 2 aromatic rings. The first kappa shape index (κ1) is 23.1. The Kier molecular flexibility index (Phi) is 7.99. The molecule has 0 spiro atoms. The van der Waals surface area contributed by atoms with E-state index in [9.17, 15) is 19.4 Å². The van der Waals surface area contributed by atoms with Gasteiger partial charge in [-0.25, -0.2) is 4.79 Å². The highest BCUT2D eigenvalue weighted by Crippen LogP contribution is 2.45. The third kappa shape index (κ3) is 6.98. The van der Waals surface area contributed by atoms with Gasteiger partial charge in [-0.3, -0.25) is 9.46 Å². The zero-order valence-corrected chi connectivity index (χ0v) is 17.8. The van der Waals surface area contributed by atoms with Gasteiger partial charge in [0.25, 0.3) is 0 Å². The van der Waals surface area contributed by atoms with Crippen LogP contribution in [-0.2, 0) is 10.7 Å². The summed E-state index contributed by atoms with van der Waals surface area (Å²) in [6, 6.07) is 13.4. The molecule has 0 aliphatic rings. The Morgan fingerprint density at radius 1 is 1.21 bits per heavy atom. The van der Waals surface area contributed by atoms with Crippen molar-refractivity contribution in [2.45, 2.75) is 25.2 Å². The van der Waals surface area contributed by atoms with Crippen LogP contribution in [0.5, 0.6) is 5.75 Å². The Bertz CT molecular complexity index is 870. The highest BCUT2D eigenvalue weighted by molar-refractivity contribution is 7.57. The number of benzene rings is 2. The Hall–Kier alpha value is -2.18. The fourth-order valence-electron chi connectivity index (χ4n) is 3.14. The number of aromatic carboxylic acids is 1. The van der Waals surface area contributed by atoms with Crippen LogP contribution in [0.1, 0.15) is 34.5 Å². The maximum Gasteiger partial charge on any atom is 0.335 e. The second-order valence-electron chi connectivity index (χ2n) is 7.24. The summed E-state index contributed by atoms with van der Waals surface area (Å²) < 4.78 is 17.6. The van der Waals surface area contributed by atoms with E-state index in [1.165, 1.54) is 6.07 Å². The number of likely N-dealkylation sites (N-methyl/N-ethyl adjacent to an activating group) is 1. The number of rotatable bonds is 10. The third-order valence-electron chi connectivity index (χ3n) is 4.86. The van der Waals surface area contributed by atoms with Crippen molar-refractivity contribution < 1.29 is 29.2 Å². The quantitative estimate of drug-likeness (QED) is 0.506. The standard InChI is InChI=1S/C21H28NO6P/c1-15(17-5-4-6-18(11-17)21(24)25)22(2)12-19(23)14-29(26,27)13-16-7-9-20(28-3)10-8-16/h4-11,15,19,23H,12-14H2,1-3H3,(H,24,25)(H,26,27)/t15-,19+/m1/s1. The molecule has 158 valence electrons. The molecule has 0 bridgehead atoms. The minimum atomic E-state index is -3.57. The normalized spacial score (nSPS) is 15.5. The molecule has 2 aromatic carbocycles. The van der Waals surface area contributed by atoms with Crippen molar-refractivity contribution in [1.82, 2.24) is 4.90 Å². The van der Waals surface area contributed by atoms with Crippen LogP contribution in [0.3, 0.4) is 0 Å². The summed E-state index contributed by atoms with van der Waals surface area (Å²) in [6.45, 7) is 2.08. The number of aliphatic hydroxyl groups is 1. The highest BCUT2D eigenvalue weighted by Gasteiger charge is 2.25. The summed E-state index contributed by atoms with van der Waals surface area (Å²) in [4.78, 5) is 23.3. The summed E-state index contributed by atoms with van der Waals surface area (Å²) in [6.07, 6.45) is -1.22. The van der Waals surface area contributed by atoms with Gasteiger partial charge in [-0.15, -0.1) is 0 Å². The zero-order valence-electron chi connectivity index (χ0n) is 16.9. The van der Waals surface area contributed by atoms with Crippen molar-refractivity contribution in [3.8, 4) is 5.75 Å². The van der Waals surface area contributed by atoms with Gasteiger partial charge in [-0.05, 0) is 49.4 Å². The van der Waals surface area contributed by atoms with Gasteiger partial charge in [0.2, 0.25) is 7.37 Å². The van der Waals surface area contributed by atoms with E-state index in [-0.39, 0.29) is 30.5 Å². The summed E-state index contributed by atoms with van der Waals surface area (Å²) >= 11 is 0. The number of carboxylic acids is 1. The third-order valence-corrected chi connectivity index (χ3v) is 6.71. The van der Waals surface area contributed by atoms with Crippen LogP contribution in [0, 0.1) is 0 Å². The van der Waals surface area contributed by atoms with Crippen molar-refractivity contribution in [2.75, 3.05) is 26.9 Å². The first-order valence-electron chi connectivity index (χ1n) is 9.26. The molecule has 0 aliphatic heterocycles. The molecule has 0 aromatic heterocycles. The van der Waals surface area contributed by atoms with Gasteiger partial charge in [0, 0.05) is 18.7 Å². The highest BCUT2D eigenvalue weighted by atomic mass is 31.2. The van der Waals surface area contributed by atoms with Crippen LogP contribution in [0.15, 0.2) is 48.5 Å². The van der Waals surface area contributed by atoms with Gasteiger partial charge in [-0.2, -0.15) is 0 Å². The number of nitrogens with zero attached hydrogens (tertiary/aromatic N) is 1. The molecule has 0 heterocycles. The van der Waals surface area contributed by atoms with Gasteiger partial charge in [0.05, 0.1) is 24.9 Å². The van der Waals surface area contributed by atoms with E-state index < -0.39 is 19.4 Å². The van der Waals surface area contributed by atoms with E-state index in [1.807, 2.05) is 17.9 Å². The molecule has 1 unspecified atom stereocenters. The van der Waals surface area contributed by atoms with E-state index >= 15 is 0 Å². The van der Waals surface area contributed by atoms with Crippen molar-refractivity contribution in [1.29, 1.82) is 0 Å². The largest absolute Gasteiger partial charge is 0.497 e. The van der Waals surface area contributed by atoms with E-state index in [0.717, 1.165) is 5.56 Å². The van der Waals surface area contributed by atoms with Crippen molar-refractivity contribution in [2.24, 2.45) is 0 Å². The number of hydrogen-bond acceptors (Lipinski definition) is 5. The minimum Gasteiger partial charge on any atom is -0.497 e. The summed E-state index contributed by atoms with van der Waals surface area (Å²) in [5.74, 6) is -0.328. The molecule has 8 heteroatoms. The minimum absolute atomic E-state index is 0.0199.